The molecule has 2 aliphatic rings. The highest BCUT2D eigenvalue weighted by Gasteiger charge is 2.29. The highest BCUT2D eigenvalue weighted by molar-refractivity contribution is 5.74. The van der Waals surface area contributed by atoms with Gasteiger partial charge in [-0.2, -0.15) is 0 Å². The number of hydrogen-bond acceptors (Lipinski definition) is 4. The Labute approximate surface area is 173 Å². The third-order valence-electron chi connectivity index (χ3n) is 6.63. The summed E-state index contributed by atoms with van der Waals surface area (Å²) in [6.07, 6.45) is 8.51. The van der Waals surface area contributed by atoms with Gasteiger partial charge in [0, 0.05) is 20.2 Å². The smallest absolute Gasteiger partial charge is 0.220 e. The van der Waals surface area contributed by atoms with Crippen molar-refractivity contribution in [1.82, 2.24) is 4.90 Å². The second-order valence-electron chi connectivity index (χ2n) is 8.63. The largest absolute Gasteiger partial charge is 0.490 e. The van der Waals surface area contributed by atoms with Crippen LogP contribution < -0.4 is 10.5 Å². The number of rotatable bonds is 9. The van der Waals surface area contributed by atoms with Crippen LogP contribution in [0.5, 0.6) is 5.75 Å². The molecule has 1 amide bonds. The molecule has 1 unspecified atom stereocenters. The Hall–Kier alpha value is -1.66. The summed E-state index contributed by atoms with van der Waals surface area (Å²) < 4.78 is 24.5. The van der Waals surface area contributed by atoms with Gasteiger partial charge in [0.15, 0.2) is 0 Å². The second kappa shape index (κ2) is 10.9. The van der Waals surface area contributed by atoms with Crippen molar-refractivity contribution >= 4 is 5.91 Å². The van der Waals surface area contributed by atoms with Gasteiger partial charge in [-0.25, -0.2) is 4.39 Å². The first kappa shape index (κ1) is 22.0. The third-order valence-corrected chi connectivity index (χ3v) is 6.63. The molecule has 0 radical (unpaired) electrons. The van der Waals surface area contributed by atoms with Gasteiger partial charge in [0.2, 0.25) is 5.91 Å². The zero-order chi connectivity index (χ0) is 20.6. The van der Waals surface area contributed by atoms with E-state index in [0.29, 0.717) is 12.3 Å². The molecule has 1 aliphatic heterocycles. The minimum Gasteiger partial charge on any atom is -0.490 e. The number of ether oxygens (including phenoxy) is 2. The van der Waals surface area contributed by atoms with Gasteiger partial charge in [0.05, 0.1) is 12.5 Å². The van der Waals surface area contributed by atoms with Crippen molar-refractivity contribution < 1.29 is 18.7 Å². The van der Waals surface area contributed by atoms with Crippen LogP contribution in [0, 0.1) is 17.7 Å². The molecular weight excluding hydrogens is 371 g/mol. The normalized spacial score (nSPS) is 24.9. The molecule has 1 heterocycles. The first-order valence-electron chi connectivity index (χ1n) is 11.0. The molecule has 162 valence electrons. The Balaban J connectivity index is 1.32. The fraction of sp³-hybridized carbons (Fsp3) is 0.696. The average molecular weight is 407 g/mol. The molecule has 1 aromatic carbocycles. The summed E-state index contributed by atoms with van der Waals surface area (Å²) in [5.41, 5.74) is 5.34. The van der Waals surface area contributed by atoms with E-state index in [1.807, 2.05) is 0 Å². The van der Waals surface area contributed by atoms with E-state index < -0.39 is 0 Å². The number of piperidine rings is 1. The molecule has 5 nitrogen and oxygen atoms in total. The summed E-state index contributed by atoms with van der Waals surface area (Å²) in [4.78, 5) is 13.7. The molecule has 3 rings (SSSR count). The van der Waals surface area contributed by atoms with Crippen LogP contribution in [0.1, 0.15) is 51.4 Å². The van der Waals surface area contributed by atoms with Crippen LogP contribution in [0.4, 0.5) is 4.39 Å². The number of carbonyl (C=O) groups excluding carboxylic acids is 1. The number of hydrogen-bond donors (Lipinski definition) is 1. The van der Waals surface area contributed by atoms with E-state index in [1.54, 1.807) is 19.2 Å². The van der Waals surface area contributed by atoms with Gasteiger partial charge in [-0.15, -0.1) is 0 Å². The Morgan fingerprint density at radius 3 is 2.38 bits per heavy atom. The SMILES string of the molecule is COC(CC(N)=O)C1CCC(CCN2CCC(Oc3ccc(F)cc3)CC2)CC1. The van der Waals surface area contributed by atoms with E-state index in [9.17, 15) is 9.18 Å². The maximum absolute atomic E-state index is 13.0. The monoisotopic (exact) mass is 406 g/mol. The Morgan fingerprint density at radius 1 is 1.14 bits per heavy atom. The molecule has 1 atom stereocenters. The molecule has 1 saturated heterocycles. The topological polar surface area (TPSA) is 64.8 Å². The summed E-state index contributed by atoms with van der Waals surface area (Å²) in [6.45, 7) is 3.27. The van der Waals surface area contributed by atoms with Crippen molar-refractivity contribution in [2.75, 3.05) is 26.7 Å². The number of nitrogens with zero attached hydrogens (tertiary/aromatic N) is 1. The van der Waals surface area contributed by atoms with Crippen molar-refractivity contribution in [3.05, 3.63) is 30.1 Å². The Morgan fingerprint density at radius 2 is 1.79 bits per heavy atom. The van der Waals surface area contributed by atoms with Crippen LogP contribution >= 0.6 is 0 Å². The molecule has 1 saturated carbocycles. The first-order chi connectivity index (χ1) is 14.0. The zero-order valence-electron chi connectivity index (χ0n) is 17.5. The molecule has 2 N–H and O–H groups in total. The van der Waals surface area contributed by atoms with Crippen molar-refractivity contribution in [1.29, 1.82) is 0 Å². The number of nitrogens with two attached hydrogens (primary N) is 1. The number of methoxy groups -OCH3 is 1. The van der Waals surface area contributed by atoms with Crippen molar-refractivity contribution in [3.8, 4) is 5.75 Å². The van der Waals surface area contributed by atoms with Crippen LogP contribution in [-0.4, -0.2) is 49.8 Å². The molecule has 2 fully saturated rings. The highest BCUT2D eigenvalue weighted by Crippen LogP contribution is 2.34. The van der Waals surface area contributed by atoms with Crippen LogP contribution in [0.3, 0.4) is 0 Å². The number of likely N-dealkylation sites (tertiary alicyclic amines) is 1. The molecule has 0 spiro atoms. The lowest BCUT2D eigenvalue weighted by Gasteiger charge is -2.35. The van der Waals surface area contributed by atoms with Crippen molar-refractivity contribution in [2.45, 2.75) is 63.6 Å². The van der Waals surface area contributed by atoms with Crippen LogP contribution in [0.2, 0.25) is 0 Å². The lowest BCUT2D eigenvalue weighted by atomic mass is 9.77. The first-order valence-corrected chi connectivity index (χ1v) is 11.0. The minimum atomic E-state index is -0.272. The second-order valence-corrected chi connectivity index (χ2v) is 8.63. The predicted molar refractivity (Wildman–Crippen MR) is 111 cm³/mol. The molecule has 1 aliphatic carbocycles. The maximum atomic E-state index is 13.0. The molecule has 29 heavy (non-hydrogen) atoms. The summed E-state index contributed by atoms with van der Waals surface area (Å²) in [5, 5.41) is 0. The van der Waals surface area contributed by atoms with Gasteiger partial charge < -0.3 is 20.1 Å². The molecule has 6 heteroatoms. The minimum absolute atomic E-state index is 0.0198. The van der Waals surface area contributed by atoms with E-state index in [-0.39, 0.29) is 23.9 Å². The summed E-state index contributed by atoms with van der Waals surface area (Å²) in [5.74, 6) is 1.48. The fourth-order valence-corrected chi connectivity index (χ4v) is 4.81. The predicted octanol–water partition coefficient (Wildman–Crippen LogP) is 3.76. The standard InChI is InChI=1S/C23H35FN2O3/c1-28-22(16-23(25)27)18-4-2-17(3-5-18)10-13-26-14-11-21(12-15-26)29-20-8-6-19(24)7-9-20/h6-9,17-18,21-22H,2-5,10-16H2,1H3,(H2,25,27). The molecule has 1 aromatic rings. The number of benzene rings is 1. The van der Waals surface area contributed by atoms with Crippen molar-refractivity contribution in [3.63, 3.8) is 0 Å². The van der Waals surface area contributed by atoms with Gasteiger partial charge in [-0.05, 0) is 74.8 Å². The number of carbonyl (C=O) groups is 1. The maximum Gasteiger partial charge on any atom is 0.220 e. The summed E-state index contributed by atoms with van der Waals surface area (Å²) >= 11 is 0. The molecule has 0 bridgehead atoms. The van der Waals surface area contributed by atoms with E-state index in [2.05, 4.69) is 4.90 Å². The molecular formula is C23H35FN2O3. The lowest BCUT2D eigenvalue weighted by Crippen LogP contribution is -2.39. The van der Waals surface area contributed by atoms with Gasteiger partial charge in [-0.1, -0.05) is 12.8 Å². The van der Waals surface area contributed by atoms with Gasteiger partial charge >= 0.3 is 0 Å². The van der Waals surface area contributed by atoms with E-state index in [4.69, 9.17) is 15.2 Å². The van der Waals surface area contributed by atoms with E-state index in [0.717, 1.165) is 57.0 Å². The van der Waals surface area contributed by atoms with Crippen molar-refractivity contribution in [2.24, 2.45) is 17.6 Å². The highest BCUT2D eigenvalue weighted by atomic mass is 19.1. The Bertz CT molecular complexity index is 624. The third kappa shape index (κ3) is 6.96. The van der Waals surface area contributed by atoms with E-state index >= 15 is 0 Å². The number of halogens is 1. The van der Waals surface area contributed by atoms with Crippen LogP contribution in [0.25, 0.3) is 0 Å². The summed E-state index contributed by atoms with van der Waals surface area (Å²) in [6, 6.07) is 6.30. The van der Waals surface area contributed by atoms with Crippen LogP contribution in [-0.2, 0) is 9.53 Å². The molecule has 0 aromatic heterocycles. The number of amides is 1. The fourth-order valence-electron chi connectivity index (χ4n) is 4.81. The lowest BCUT2D eigenvalue weighted by molar-refractivity contribution is -0.121. The Kier molecular flexibility index (Phi) is 8.30. The van der Waals surface area contributed by atoms with Gasteiger partial charge in [0.1, 0.15) is 17.7 Å². The van der Waals surface area contributed by atoms with Gasteiger partial charge in [0.25, 0.3) is 0 Å². The quantitative estimate of drug-likeness (QED) is 0.678. The van der Waals surface area contributed by atoms with Crippen LogP contribution in [0.15, 0.2) is 24.3 Å². The van der Waals surface area contributed by atoms with E-state index in [1.165, 1.54) is 31.4 Å². The summed E-state index contributed by atoms with van der Waals surface area (Å²) in [7, 11) is 1.68. The number of primary amides is 1. The zero-order valence-corrected chi connectivity index (χ0v) is 17.5. The average Bonchev–Trinajstić information content (AvgIpc) is 2.73. The van der Waals surface area contributed by atoms with Gasteiger partial charge in [-0.3, -0.25) is 4.79 Å².